The Morgan fingerprint density at radius 1 is 0.957 bits per heavy atom. The first-order chi connectivity index (χ1) is 11.1. The Morgan fingerprint density at radius 2 is 1.61 bits per heavy atom. The number of hydrazine groups is 1. The lowest BCUT2D eigenvalue weighted by molar-refractivity contribution is 0.0846. The second kappa shape index (κ2) is 7.98. The van der Waals surface area contributed by atoms with E-state index in [9.17, 15) is 9.59 Å². The van der Waals surface area contributed by atoms with Crippen molar-refractivity contribution in [3.8, 4) is 5.75 Å². The molecule has 0 heterocycles. The van der Waals surface area contributed by atoms with Crippen molar-refractivity contribution in [1.82, 2.24) is 10.9 Å². The van der Waals surface area contributed by atoms with Crippen molar-refractivity contribution in [2.75, 3.05) is 6.61 Å². The molecular formula is C18H20N2O3. The van der Waals surface area contributed by atoms with Crippen LogP contribution in [0.4, 0.5) is 0 Å². The van der Waals surface area contributed by atoms with Gasteiger partial charge in [0.1, 0.15) is 5.75 Å². The van der Waals surface area contributed by atoms with Crippen LogP contribution in [0.15, 0.2) is 48.5 Å². The van der Waals surface area contributed by atoms with Crippen LogP contribution in [0.2, 0.25) is 0 Å². The molecule has 0 aliphatic rings. The van der Waals surface area contributed by atoms with Crippen LogP contribution in [-0.2, 0) is 0 Å². The SMILES string of the molecule is CCCOc1cccc(C(=O)NNC(=O)c2ccc(C)cc2)c1. The molecule has 5 nitrogen and oxygen atoms in total. The van der Waals surface area contributed by atoms with Crippen molar-refractivity contribution in [2.45, 2.75) is 20.3 Å². The average molecular weight is 312 g/mol. The maximum Gasteiger partial charge on any atom is 0.269 e. The maximum atomic E-state index is 12.1. The molecule has 0 aliphatic heterocycles. The predicted octanol–water partition coefficient (Wildman–Crippen LogP) is 2.86. The number of carbonyl (C=O) groups is 2. The van der Waals surface area contributed by atoms with Gasteiger partial charge in [0.25, 0.3) is 11.8 Å². The zero-order valence-electron chi connectivity index (χ0n) is 13.3. The fourth-order valence-electron chi connectivity index (χ4n) is 1.91. The van der Waals surface area contributed by atoms with Crippen LogP contribution >= 0.6 is 0 Å². The van der Waals surface area contributed by atoms with Crippen molar-refractivity contribution >= 4 is 11.8 Å². The largest absolute Gasteiger partial charge is 0.494 e. The molecule has 5 heteroatoms. The third-order valence-electron chi connectivity index (χ3n) is 3.17. The number of rotatable bonds is 5. The molecule has 2 aromatic carbocycles. The number of aryl methyl sites for hydroxylation is 1. The van der Waals surface area contributed by atoms with Crippen molar-refractivity contribution < 1.29 is 14.3 Å². The first kappa shape index (κ1) is 16.5. The molecule has 2 rings (SSSR count). The molecule has 0 saturated carbocycles. The van der Waals surface area contributed by atoms with Crippen LogP contribution in [0.5, 0.6) is 5.75 Å². The summed E-state index contributed by atoms with van der Waals surface area (Å²) in [4.78, 5) is 24.0. The van der Waals surface area contributed by atoms with Crippen LogP contribution in [0.3, 0.4) is 0 Å². The van der Waals surface area contributed by atoms with Gasteiger partial charge in [-0.05, 0) is 43.7 Å². The highest BCUT2D eigenvalue weighted by Crippen LogP contribution is 2.13. The zero-order valence-corrected chi connectivity index (χ0v) is 13.3. The standard InChI is InChI=1S/C18H20N2O3/c1-3-11-23-16-6-4-5-15(12-16)18(22)20-19-17(21)14-9-7-13(2)8-10-14/h4-10,12H,3,11H2,1-2H3,(H,19,21)(H,20,22). The van der Waals surface area contributed by atoms with E-state index in [1.54, 1.807) is 36.4 Å². The van der Waals surface area contributed by atoms with Gasteiger partial charge < -0.3 is 4.74 Å². The van der Waals surface area contributed by atoms with Gasteiger partial charge >= 0.3 is 0 Å². The Labute approximate surface area is 135 Å². The molecule has 0 aromatic heterocycles. The number of amides is 2. The van der Waals surface area contributed by atoms with Gasteiger partial charge in [0.05, 0.1) is 6.61 Å². The van der Waals surface area contributed by atoms with E-state index in [-0.39, 0.29) is 5.91 Å². The molecule has 120 valence electrons. The fraction of sp³-hybridized carbons (Fsp3) is 0.222. The minimum absolute atomic E-state index is 0.364. The van der Waals surface area contributed by atoms with Gasteiger partial charge in [-0.2, -0.15) is 0 Å². The van der Waals surface area contributed by atoms with E-state index in [2.05, 4.69) is 10.9 Å². The van der Waals surface area contributed by atoms with Crippen LogP contribution in [-0.4, -0.2) is 18.4 Å². The molecule has 2 N–H and O–H groups in total. The topological polar surface area (TPSA) is 67.4 Å². The molecule has 0 fully saturated rings. The Bertz CT molecular complexity index is 681. The van der Waals surface area contributed by atoms with Crippen LogP contribution in [0.25, 0.3) is 0 Å². The van der Waals surface area contributed by atoms with Gasteiger partial charge in [0.2, 0.25) is 0 Å². The van der Waals surface area contributed by atoms with E-state index in [4.69, 9.17) is 4.74 Å². The first-order valence-electron chi connectivity index (χ1n) is 7.50. The van der Waals surface area contributed by atoms with Crippen LogP contribution in [0.1, 0.15) is 39.6 Å². The lowest BCUT2D eigenvalue weighted by atomic mass is 10.1. The highest BCUT2D eigenvalue weighted by Gasteiger charge is 2.09. The van der Waals surface area contributed by atoms with E-state index in [0.717, 1.165) is 12.0 Å². The van der Waals surface area contributed by atoms with Crippen LogP contribution in [0, 0.1) is 6.92 Å². The molecule has 0 aliphatic carbocycles. The maximum absolute atomic E-state index is 12.1. The van der Waals surface area contributed by atoms with Crippen molar-refractivity contribution in [2.24, 2.45) is 0 Å². The van der Waals surface area contributed by atoms with Gasteiger partial charge in [-0.15, -0.1) is 0 Å². The molecule has 0 radical (unpaired) electrons. The highest BCUT2D eigenvalue weighted by atomic mass is 16.5. The minimum atomic E-state index is -0.396. The number of carbonyl (C=O) groups excluding carboxylic acids is 2. The second-order valence-electron chi connectivity index (χ2n) is 5.15. The van der Waals surface area contributed by atoms with Crippen molar-refractivity contribution in [3.63, 3.8) is 0 Å². The molecular weight excluding hydrogens is 292 g/mol. The Kier molecular flexibility index (Phi) is 5.74. The molecule has 2 amide bonds. The smallest absolute Gasteiger partial charge is 0.269 e. The predicted molar refractivity (Wildman–Crippen MR) is 88.3 cm³/mol. The monoisotopic (exact) mass is 312 g/mol. The first-order valence-corrected chi connectivity index (χ1v) is 7.50. The van der Waals surface area contributed by atoms with E-state index in [1.807, 2.05) is 26.0 Å². The molecule has 0 saturated heterocycles. The Morgan fingerprint density at radius 3 is 2.26 bits per heavy atom. The molecule has 23 heavy (non-hydrogen) atoms. The normalized spacial score (nSPS) is 10.0. The van der Waals surface area contributed by atoms with E-state index in [0.29, 0.717) is 23.5 Å². The van der Waals surface area contributed by atoms with Gasteiger partial charge in [-0.25, -0.2) is 0 Å². The van der Waals surface area contributed by atoms with Crippen molar-refractivity contribution in [1.29, 1.82) is 0 Å². The fourth-order valence-corrected chi connectivity index (χ4v) is 1.91. The third kappa shape index (κ3) is 4.85. The Balaban J connectivity index is 1.94. The second-order valence-corrected chi connectivity index (χ2v) is 5.15. The Hall–Kier alpha value is -2.82. The number of benzene rings is 2. The summed E-state index contributed by atoms with van der Waals surface area (Å²) in [5.74, 6) is -0.131. The summed E-state index contributed by atoms with van der Waals surface area (Å²) >= 11 is 0. The lowest BCUT2D eigenvalue weighted by Gasteiger charge is -2.09. The van der Waals surface area contributed by atoms with Gasteiger partial charge in [0.15, 0.2) is 0 Å². The summed E-state index contributed by atoms with van der Waals surface area (Å²) < 4.78 is 5.48. The van der Waals surface area contributed by atoms with Crippen molar-refractivity contribution in [3.05, 3.63) is 65.2 Å². The van der Waals surface area contributed by atoms with Gasteiger partial charge in [0, 0.05) is 11.1 Å². The number of nitrogens with one attached hydrogen (secondary N) is 2. The van der Waals surface area contributed by atoms with Crippen LogP contribution < -0.4 is 15.6 Å². The summed E-state index contributed by atoms with van der Waals surface area (Å²) in [6.07, 6.45) is 0.892. The molecule has 2 aromatic rings. The van der Waals surface area contributed by atoms with E-state index >= 15 is 0 Å². The van der Waals surface area contributed by atoms with Gasteiger partial charge in [-0.3, -0.25) is 20.4 Å². The highest BCUT2D eigenvalue weighted by molar-refractivity contribution is 5.99. The van der Waals surface area contributed by atoms with Gasteiger partial charge in [-0.1, -0.05) is 30.7 Å². The summed E-state index contributed by atoms with van der Waals surface area (Å²) in [6, 6.07) is 13.9. The number of hydrogen-bond donors (Lipinski definition) is 2. The summed E-state index contributed by atoms with van der Waals surface area (Å²) in [5, 5.41) is 0. The lowest BCUT2D eigenvalue weighted by Crippen LogP contribution is -2.41. The zero-order chi connectivity index (χ0) is 16.7. The number of hydrogen-bond acceptors (Lipinski definition) is 3. The number of ether oxygens (including phenoxy) is 1. The summed E-state index contributed by atoms with van der Waals surface area (Å²) in [6.45, 7) is 4.55. The minimum Gasteiger partial charge on any atom is -0.494 e. The summed E-state index contributed by atoms with van der Waals surface area (Å²) in [5.41, 5.74) is 6.77. The summed E-state index contributed by atoms with van der Waals surface area (Å²) in [7, 11) is 0. The van der Waals surface area contributed by atoms with E-state index < -0.39 is 5.91 Å². The quantitative estimate of drug-likeness (QED) is 0.834. The molecule has 0 bridgehead atoms. The van der Waals surface area contributed by atoms with E-state index in [1.165, 1.54) is 0 Å². The average Bonchev–Trinajstić information content (AvgIpc) is 2.58. The molecule has 0 atom stereocenters. The molecule has 0 spiro atoms. The molecule has 0 unspecified atom stereocenters. The third-order valence-corrected chi connectivity index (χ3v) is 3.17.